The molecule has 39 heavy (non-hydrogen) atoms. The summed E-state index contributed by atoms with van der Waals surface area (Å²) in [6.07, 6.45) is -5.43. The van der Waals surface area contributed by atoms with Crippen molar-refractivity contribution in [2.24, 2.45) is 0 Å². The number of halogens is 6. The van der Waals surface area contributed by atoms with Crippen molar-refractivity contribution in [1.82, 2.24) is 24.8 Å². The zero-order valence-corrected chi connectivity index (χ0v) is 20.5. The number of benzene rings is 2. The van der Waals surface area contributed by atoms with Crippen molar-refractivity contribution in [2.75, 3.05) is 18.8 Å². The third kappa shape index (κ3) is 4.85. The molecular formula is C25H18ClF5N6O2. The first kappa shape index (κ1) is 26.4. The molecule has 5 rings (SSSR count). The van der Waals surface area contributed by atoms with Gasteiger partial charge in [-0.25, -0.2) is 18.3 Å². The van der Waals surface area contributed by atoms with Gasteiger partial charge in [0.2, 0.25) is 0 Å². The molecule has 2 aromatic heterocycles. The molecule has 2 amide bonds. The number of nitrogens with one attached hydrogen (secondary N) is 1. The highest BCUT2D eigenvalue weighted by molar-refractivity contribution is 6.34. The highest BCUT2D eigenvalue weighted by atomic mass is 35.5. The molecule has 1 fully saturated rings. The molecule has 1 aliphatic rings. The third-order valence-corrected chi connectivity index (χ3v) is 6.68. The molecule has 2 atom stereocenters. The molecule has 1 aliphatic heterocycles. The predicted octanol–water partition coefficient (Wildman–Crippen LogP) is 4.38. The quantitative estimate of drug-likeness (QED) is 0.358. The minimum Gasteiger partial charge on any atom is -0.382 e. The first-order valence-corrected chi connectivity index (χ1v) is 11.8. The minimum absolute atomic E-state index is 0.0389. The van der Waals surface area contributed by atoms with Crippen molar-refractivity contribution in [2.45, 2.75) is 18.4 Å². The van der Waals surface area contributed by atoms with Crippen LogP contribution in [0.2, 0.25) is 5.02 Å². The lowest BCUT2D eigenvalue weighted by molar-refractivity contribution is -0.136. The Labute approximate surface area is 222 Å². The van der Waals surface area contributed by atoms with Crippen LogP contribution in [0, 0.1) is 5.82 Å². The van der Waals surface area contributed by atoms with E-state index in [-0.39, 0.29) is 46.3 Å². The number of hydrogen-bond acceptors (Lipinski definition) is 5. The summed E-state index contributed by atoms with van der Waals surface area (Å²) in [6, 6.07) is 8.89. The Morgan fingerprint density at radius 1 is 1.08 bits per heavy atom. The highest BCUT2D eigenvalue weighted by Crippen LogP contribution is 2.39. The van der Waals surface area contributed by atoms with E-state index in [1.54, 1.807) is 0 Å². The molecule has 0 unspecified atom stereocenters. The van der Waals surface area contributed by atoms with Crippen molar-refractivity contribution in [3.63, 3.8) is 0 Å². The van der Waals surface area contributed by atoms with Crippen LogP contribution >= 0.6 is 11.6 Å². The molecule has 2 aromatic carbocycles. The van der Waals surface area contributed by atoms with E-state index in [0.29, 0.717) is 0 Å². The lowest BCUT2D eigenvalue weighted by Crippen LogP contribution is -2.42. The number of likely N-dealkylation sites (tertiary alicyclic amines) is 1. The van der Waals surface area contributed by atoms with Crippen molar-refractivity contribution >= 4 is 34.7 Å². The second-order valence-electron chi connectivity index (χ2n) is 8.83. The molecule has 1 saturated heterocycles. The third-order valence-electron chi connectivity index (χ3n) is 6.35. The summed E-state index contributed by atoms with van der Waals surface area (Å²) in [7, 11) is 0. The molecule has 3 N–H and O–H groups in total. The lowest BCUT2D eigenvalue weighted by atomic mass is 10.1. The van der Waals surface area contributed by atoms with Crippen LogP contribution in [0.15, 0.2) is 54.9 Å². The summed E-state index contributed by atoms with van der Waals surface area (Å²) in [5.74, 6) is -2.69. The second-order valence-corrected chi connectivity index (χ2v) is 9.23. The Hall–Kier alpha value is -4.26. The van der Waals surface area contributed by atoms with E-state index < -0.39 is 47.1 Å². The average molecular weight is 565 g/mol. The zero-order valence-electron chi connectivity index (χ0n) is 19.7. The molecule has 0 bridgehead atoms. The van der Waals surface area contributed by atoms with Gasteiger partial charge in [0, 0.05) is 12.1 Å². The fourth-order valence-electron chi connectivity index (χ4n) is 4.47. The number of nitrogens with two attached hydrogens (primary N) is 1. The van der Waals surface area contributed by atoms with Crippen LogP contribution in [-0.2, 0) is 6.18 Å². The van der Waals surface area contributed by atoms with E-state index >= 15 is 0 Å². The Morgan fingerprint density at radius 2 is 1.82 bits per heavy atom. The summed E-state index contributed by atoms with van der Waals surface area (Å²) in [5.41, 5.74) is 3.90. The van der Waals surface area contributed by atoms with Crippen LogP contribution in [0.5, 0.6) is 0 Å². The molecular weight excluding hydrogens is 547 g/mol. The number of nitrogens with zero attached hydrogens (tertiary/aromatic N) is 4. The van der Waals surface area contributed by atoms with Gasteiger partial charge < -0.3 is 16.0 Å². The number of alkyl halides is 4. The van der Waals surface area contributed by atoms with Gasteiger partial charge in [-0.05, 0) is 30.3 Å². The maximum Gasteiger partial charge on any atom is 0.418 e. The summed E-state index contributed by atoms with van der Waals surface area (Å²) in [6.45, 7) is -0.602. The van der Waals surface area contributed by atoms with Gasteiger partial charge in [-0.1, -0.05) is 29.8 Å². The van der Waals surface area contributed by atoms with E-state index in [1.165, 1.54) is 36.4 Å². The summed E-state index contributed by atoms with van der Waals surface area (Å²) < 4.78 is 70.8. The van der Waals surface area contributed by atoms with Gasteiger partial charge in [-0.3, -0.25) is 9.59 Å². The van der Waals surface area contributed by atoms with Gasteiger partial charge in [0.05, 0.1) is 40.0 Å². The standard InChI is InChI=1S/C25H18ClF5N6O2/c26-16-6-5-12(20-8-15(25(29,30)31)21-22(32)33-11-34-37(20)21)7-14(16)23(38)35-19-10-36(9-18(19)28)24(39)13-3-1-2-4-17(13)27/h1-8,11,18-19H,9-10H2,(H,35,38)(H2,32,33,34)/t18-,19+/m0/s1. The van der Waals surface area contributed by atoms with Crippen molar-refractivity contribution in [3.8, 4) is 11.3 Å². The maximum atomic E-state index is 14.8. The number of amides is 2. The monoisotopic (exact) mass is 564 g/mol. The summed E-state index contributed by atoms with van der Waals surface area (Å²) in [4.78, 5) is 30.4. The smallest absolute Gasteiger partial charge is 0.382 e. The van der Waals surface area contributed by atoms with E-state index in [4.69, 9.17) is 17.3 Å². The molecule has 14 heteroatoms. The number of anilines is 1. The maximum absolute atomic E-state index is 14.8. The first-order chi connectivity index (χ1) is 18.5. The fraction of sp³-hybridized carbons (Fsp3) is 0.200. The largest absolute Gasteiger partial charge is 0.418 e. The van der Waals surface area contributed by atoms with Crippen molar-refractivity contribution in [3.05, 3.63) is 82.4 Å². The SMILES string of the molecule is Nc1ncnn2c(-c3ccc(Cl)c(C(=O)N[C@@H]4CN(C(=O)c5ccccc5F)C[C@@H]4F)c3)cc(C(F)(F)F)c12. The van der Waals surface area contributed by atoms with Gasteiger partial charge in [-0.15, -0.1) is 0 Å². The summed E-state index contributed by atoms with van der Waals surface area (Å²) in [5, 5.41) is 6.30. The minimum atomic E-state index is -4.76. The topological polar surface area (TPSA) is 106 Å². The highest BCUT2D eigenvalue weighted by Gasteiger charge is 2.38. The molecule has 4 aromatic rings. The normalized spacial score (nSPS) is 17.5. The number of rotatable bonds is 4. The predicted molar refractivity (Wildman–Crippen MR) is 131 cm³/mol. The Bertz CT molecular complexity index is 1610. The molecule has 0 radical (unpaired) electrons. The van der Waals surface area contributed by atoms with Gasteiger partial charge in [0.25, 0.3) is 11.8 Å². The molecule has 0 saturated carbocycles. The first-order valence-electron chi connectivity index (χ1n) is 11.4. The van der Waals surface area contributed by atoms with Crippen LogP contribution in [0.1, 0.15) is 26.3 Å². The van der Waals surface area contributed by atoms with Crippen molar-refractivity contribution in [1.29, 1.82) is 0 Å². The molecule has 8 nitrogen and oxygen atoms in total. The Kier molecular flexibility index (Phi) is 6.62. The average Bonchev–Trinajstić information content (AvgIpc) is 3.46. The van der Waals surface area contributed by atoms with Gasteiger partial charge in [0.1, 0.15) is 23.8 Å². The van der Waals surface area contributed by atoms with E-state index in [0.717, 1.165) is 27.9 Å². The van der Waals surface area contributed by atoms with Crippen LogP contribution < -0.4 is 11.1 Å². The molecule has 0 aliphatic carbocycles. The Morgan fingerprint density at radius 3 is 2.54 bits per heavy atom. The van der Waals surface area contributed by atoms with Crippen LogP contribution in [0.25, 0.3) is 16.8 Å². The molecule has 3 heterocycles. The van der Waals surface area contributed by atoms with E-state index in [9.17, 15) is 31.5 Å². The fourth-order valence-corrected chi connectivity index (χ4v) is 4.67. The number of carbonyl (C=O) groups excluding carboxylic acids is 2. The summed E-state index contributed by atoms with van der Waals surface area (Å²) >= 11 is 6.21. The number of aromatic nitrogens is 3. The van der Waals surface area contributed by atoms with Gasteiger partial charge in [-0.2, -0.15) is 18.3 Å². The molecule has 0 spiro atoms. The second kappa shape index (κ2) is 9.80. The Balaban J connectivity index is 1.42. The number of hydrogen-bond donors (Lipinski definition) is 2. The lowest BCUT2D eigenvalue weighted by Gasteiger charge is -2.17. The van der Waals surface area contributed by atoms with Crippen LogP contribution in [0.3, 0.4) is 0 Å². The van der Waals surface area contributed by atoms with Crippen molar-refractivity contribution < 1.29 is 31.5 Å². The van der Waals surface area contributed by atoms with Gasteiger partial charge in [0.15, 0.2) is 5.82 Å². The molecule has 202 valence electrons. The van der Waals surface area contributed by atoms with E-state index in [2.05, 4.69) is 15.4 Å². The van der Waals surface area contributed by atoms with Crippen LogP contribution in [0.4, 0.5) is 27.8 Å². The number of nitrogen functional groups attached to an aromatic ring is 1. The van der Waals surface area contributed by atoms with E-state index in [1.807, 2.05) is 0 Å². The number of carbonyl (C=O) groups is 2. The zero-order chi connectivity index (χ0) is 28.1. The van der Waals surface area contributed by atoms with Crippen LogP contribution in [-0.4, -0.2) is 56.6 Å². The van der Waals surface area contributed by atoms with Gasteiger partial charge >= 0.3 is 6.18 Å². The number of fused-ring (bicyclic) bond motifs is 1.